The van der Waals surface area contributed by atoms with Crippen LogP contribution < -0.4 is 5.32 Å². The minimum atomic E-state index is -0.0798. The third kappa shape index (κ3) is 5.73. The first-order valence-electron chi connectivity index (χ1n) is 6.29. The summed E-state index contributed by atoms with van der Waals surface area (Å²) in [6, 6.07) is 1.50. The molecule has 17 heavy (non-hydrogen) atoms. The van der Waals surface area contributed by atoms with Crippen molar-refractivity contribution in [2.24, 2.45) is 0 Å². The Morgan fingerprint density at radius 2 is 2.00 bits per heavy atom. The Labute approximate surface area is 107 Å². The van der Waals surface area contributed by atoms with Gasteiger partial charge in [0, 0.05) is 18.0 Å². The van der Waals surface area contributed by atoms with E-state index in [0.29, 0.717) is 4.88 Å². The zero-order valence-electron chi connectivity index (χ0n) is 10.4. The predicted octanol–water partition coefficient (Wildman–Crippen LogP) is 3.54. The first-order valence-corrected chi connectivity index (χ1v) is 7.17. The summed E-state index contributed by atoms with van der Waals surface area (Å²) in [7, 11) is 0. The van der Waals surface area contributed by atoms with Crippen LogP contribution >= 0.6 is 11.3 Å². The summed E-state index contributed by atoms with van der Waals surface area (Å²) >= 11 is 1.27. The van der Waals surface area contributed by atoms with Gasteiger partial charge in [0.15, 0.2) is 0 Å². The first-order chi connectivity index (χ1) is 8.24. The lowest BCUT2D eigenvalue weighted by Gasteiger charge is -2.03. The van der Waals surface area contributed by atoms with Gasteiger partial charge in [-0.3, -0.25) is 4.79 Å². The number of hydrogen-bond donors (Lipinski definition) is 2. The smallest absolute Gasteiger partial charge is 0.261 e. The van der Waals surface area contributed by atoms with Crippen molar-refractivity contribution in [3.8, 4) is 5.75 Å². The molecule has 0 aromatic carbocycles. The van der Waals surface area contributed by atoms with Gasteiger partial charge in [-0.25, -0.2) is 0 Å². The number of hydrogen-bond acceptors (Lipinski definition) is 3. The Morgan fingerprint density at radius 1 is 1.29 bits per heavy atom. The Hall–Kier alpha value is -1.03. The summed E-state index contributed by atoms with van der Waals surface area (Å²) in [6.07, 6.45) is 7.33. The Kier molecular flexibility index (Phi) is 6.70. The van der Waals surface area contributed by atoms with Crippen LogP contribution in [0.5, 0.6) is 5.75 Å². The van der Waals surface area contributed by atoms with E-state index in [4.69, 9.17) is 5.11 Å². The molecule has 0 aliphatic rings. The number of amides is 1. The van der Waals surface area contributed by atoms with Gasteiger partial charge in [-0.2, -0.15) is 0 Å². The van der Waals surface area contributed by atoms with E-state index in [2.05, 4.69) is 12.2 Å². The van der Waals surface area contributed by atoms with Crippen molar-refractivity contribution in [3.63, 3.8) is 0 Å². The Bertz CT molecular complexity index is 336. The maximum atomic E-state index is 11.6. The summed E-state index contributed by atoms with van der Waals surface area (Å²) in [5, 5.41) is 13.6. The van der Waals surface area contributed by atoms with Crippen LogP contribution in [0.25, 0.3) is 0 Å². The topological polar surface area (TPSA) is 49.3 Å². The van der Waals surface area contributed by atoms with Crippen LogP contribution in [0.2, 0.25) is 0 Å². The van der Waals surface area contributed by atoms with Gasteiger partial charge in [0.05, 0.1) is 4.88 Å². The maximum absolute atomic E-state index is 11.6. The SMILES string of the molecule is CCCCCCCCNC(=O)c1cc(O)cs1. The van der Waals surface area contributed by atoms with Gasteiger partial charge in [0.1, 0.15) is 5.75 Å². The lowest BCUT2D eigenvalue weighted by Crippen LogP contribution is -2.23. The quantitative estimate of drug-likeness (QED) is 0.698. The zero-order valence-corrected chi connectivity index (χ0v) is 11.2. The number of carbonyl (C=O) groups excluding carboxylic acids is 1. The summed E-state index contributed by atoms with van der Waals surface area (Å²) in [5.41, 5.74) is 0. The molecule has 2 N–H and O–H groups in total. The van der Waals surface area contributed by atoms with Crippen LogP contribution in [0, 0.1) is 0 Å². The predicted molar refractivity (Wildman–Crippen MR) is 71.7 cm³/mol. The van der Waals surface area contributed by atoms with E-state index in [1.807, 2.05) is 0 Å². The highest BCUT2D eigenvalue weighted by molar-refractivity contribution is 7.12. The summed E-state index contributed by atoms with van der Waals surface area (Å²) in [6.45, 7) is 2.93. The summed E-state index contributed by atoms with van der Waals surface area (Å²) in [5.74, 6) is 0.0866. The zero-order chi connectivity index (χ0) is 12.5. The second-order valence-electron chi connectivity index (χ2n) is 4.19. The van der Waals surface area contributed by atoms with E-state index < -0.39 is 0 Å². The van der Waals surface area contributed by atoms with E-state index in [0.717, 1.165) is 13.0 Å². The van der Waals surface area contributed by atoms with Crippen LogP contribution in [0.3, 0.4) is 0 Å². The molecule has 3 nitrogen and oxygen atoms in total. The van der Waals surface area contributed by atoms with Crippen LogP contribution in [-0.4, -0.2) is 17.6 Å². The van der Waals surface area contributed by atoms with Crippen molar-refractivity contribution in [3.05, 3.63) is 16.3 Å². The summed E-state index contributed by atoms with van der Waals surface area (Å²) < 4.78 is 0. The monoisotopic (exact) mass is 255 g/mol. The highest BCUT2D eigenvalue weighted by atomic mass is 32.1. The van der Waals surface area contributed by atoms with Gasteiger partial charge in [-0.1, -0.05) is 39.0 Å². The largest absolute Gasteiger partial charge is 0.507 e. The molecule has 0 saturated carbocycles. The molecule has 0 saturated heterocycles. The van der Waals surface area contributed by atoms with Crippen LogP contribution in [0.4, 0.5) is 0 Å². The molecule has 0 unspecified atom stereocenters. The lowest BCUT2D eigenvalue weighted by atomic mass is 10.1. The number of aromatic hydroxyl groups is 1. The highest BCUT2D eigenvalue weighted by Gasteiger charge is 2.07. The van der Waals surface area contributed by atoms with Crippen molar-refractivity contribution in [2.75, 3.05) is 6.54 Å². The van der Waals surface area contributed by atoms with E-state index in [-0.39, 0.29) is 11.7 Å². The highest BCUT2D eigenvalue weighted by Crippen LogP contribution is 2.19. The van der Waals surface area contributed by atoms with Crippen molar-refractivity contribution in [2.45, 2.75) is 45.4 Å². The Balaban J connectivity index is 2.05. The van der Waals surface area contributed by atoms with Gasteiger partial charge < -0.3 is 10.4 Å². The van der Waals surface area contributed by atoms with Crippen molar-refractivity contribution in [1.29, 1.82) is 0 Å². The van der Waals surface area contributed by atoms with E-state index >= 15 is 0 Å². The van der Waals surface area contributed by atoms with Gasteiger partial charge in [0.25, 0.3) is 5.91 Å². The maximum Gasteiger partial charge on any atom is 0.261 e. The minimum Gasteiger partial charge on any atom is -0.507 e. The molecule has 0 bridgehead atoms. The van der Waals surface area contributed by atoms with Crippen LogP contribution in [0.1, 0.15) is 55.1 Å². The molecule has 96 valence electrons. The van der Waals surface area contributed by atoms with Crippen molar-refractivity contribution < 1.29 is 9.90 Å². The standard InChI is InChI=1S/C13H21NO2S/c1-2-3-4-5-6-7-8-14-13(16)12-9-11(15)10-17-12/h9-10,15H,2-8H2,1H3,(H,14,16). The summed E-state index contributed by atoms with van der Waals surface area (Å²) in [4.78, 5) is 12.2. The first kappa shape index (κ1) is 14.0. The molecule has 1 aromatic rings. The molecule has 0 radical (unpaired) electrons. The lowest BCUT2D eigenvalue weighted by molar-refractivity contribution is 0.0956. The fourth-order valence-electron chi connectivity index (χ4n) is 1.64. The second kappa shape index (κ2) is 8.12. The van der Waals surface area contributed by atoms with Crippen molar-refractivity contribution in [1.82, 2.24) is 5.32 Å². The van der Waals surface area contributed by atoms with Gasteiger partial charge in [-0.15, -0.1) is 11.3 Å². The third-order valence-corrected chi connectivity index (χ3v) is 3.54. The van der Waals surface area contributed by atoms with E-state index in [1.165, 1.54) is 49.5 Å². The molecule has 1 rings (SSSR count). The molecule has 0 aliphatic carbocycles. The molecular weight excluding hydrogens is 234 g/mol. The third-order valence-electron chi connectivity index (χ3n) is 2.63. The molecule has 0 fully saturated rings. The molecule has 1 aromatic heterocycles. The van der Waals surface area contributed by atoms with Crippen LogP contribution in [-0.2, 0) is 0 Å². The normalized spacial score (nSPS) is 10.4. The number of unbranched alkanes of at least 4 members (excludes halogenated alkanes) is 5. The molecule has 1 amide bonds. The fraction of sp³-hybridized carbons (Fsp3) is 0.615. The number of thiophene rings is 1. The van der Waals surface area contributed by atoms with E-state index in [1.54, 1.807) is 5.38 Å². The molecule has 0 spiro atoms. The molecule has 0 atom stereocenters. The fourth-order valence-corrected chi connectivity index (χ4v) is 2.32. The van der Waals surface area contributed by atoms with Gasteiger partial charge in [-0.05, 0) is 6.42 Å². The van der Waals surface area contributed by atoms with E-state index in [9.17, 15) is 4.79 Å². The molecular formula is C13H21NO2S. The number of carbonyl (C=O) groups is 1. The Morgan fingerprint density at radius 3 is 2.65 bits per heavy atom. The minimum absolute atomic E-state index is 0.0798. The average molecular weight is 255 g/mol. The molecule has 0 aliphatic heterocycles. The second-order valence-corrected chi connectivity index (χ2v) is 5.10. The average Bonchev–Trinajstić information content (AvgIpc) is 2.74. The molecule has 1 heterocycles. The van der Waals surface area contributed by atoms with Crippen molar-refractivity contribution >= 4 is 17.2 Å². The number of nitrogens with one attached hydrogen (secondary N) is 1. The number of rotatable bonds is 8. The molecule has 4 heteroatoms. The van der Waals surface area contributed by atoms with Gasteiger partial charge in [0.2, 0.25) is 0 Å². The van der Waals surface area contributed by atoms with Crippen LogP contribution in [0.15, 0.2) is 11.4 Å². The van der Waals surface area contributed by atoms with Gasteiger partial charge >= 0.3 is 0 Å².